The number of amides is 1. The molecule has 3 nitrogen and oxygen atoms in total. The van der Waals surface area contributed by atoms with Crippen molar-refractivity contribution >= 4 is 18.3 Å². The maximum Gasteiger partial charge on any atom is 0.222 e. The summed E-state index contributed by atoms with van der Waals surface area (Å²) in [5, 5.41) is 3.21. The fourth-order valence-electron chi connectivity index (χ4n) is 3.40. The average molecular weight is 275 g/mol. The van der Waals surface area contributed by atoms with Gasteiger partial charge in [0.25, 0.3) is 0 Å². The first-order valence-electron chi connectivity index (χ1n) is 7.11. The molecule has 0 bridgehead atoms. The molecule has 0 aromatic carbocycles. The van der Waals surface area contributed by atoms with Crippen LogP contribution in [0.2, 0.25) is 0 Å². The fourth-order valence-corrected chi connectivity index (χ4v) is 3.40. The number of carbonyl (C=O) groups is 1. The molecule has 1 heterocycles. The topological polar surface area (TPSA) is 32.3 Å². The Kier molecular flexibility index (Phi) is 6.44. The molecule has 1 N–H and O–H groups in total. The Morgan fingerprint density at radius 1 is 1.28 bits per heavy atom. The highest BCUT2D eigenvalue weighted by Gasteiger charge is 2.29. The van der Waals surface area contributed by atoms with Gasteiger partial charge >= 0.3 is 0 Å². The zero-order chi connectivity index (χ0) is 12.3. The van der Waals surface area contributed by atoms with E-state index in [9.17, 15) is 4.79 Å². The van der Waals surface area contributed by atoms with E-state index in [0.717, 1.165) is 32.0 Å². The minimum absolute atomic E-state index is 0. The van der Waals surface area contributed by atoms with Gasteiger partial charge in [0.15, 0.2) is 0 Å². The Labute approximate surface area is 117 Å². The molecule has 3 unspecified atom stereocenters. The highest BCUT2D eigenvalue weighted by atomic mass is 35.5. The van der Waals surface area contributed by atoms with E-state index in [-0.39, 0.29) is 12.4 Å². The minimum atomic E-state index is 0. The van der Waals surface area contributed by atoms with Gasteiger partial charge in [0.05, 0.1) is 0 Å². The molecule has 18 heavy (non-hydrogen) atoms. The highest BCUT2D eigenvalue weighted by molar-refractivity contribution is 5.85. The fraction of sp³-hybridized carbons (Fsp3) is 0.929. The van der Waals surface area contributed by atoms with E-state index in [1.807, 2.05) is 7.05 Å². The summed E-state index contributed by atoms with van der Waals surface area (Å²) in [6, 6.07) is 0. The van der Waals surface area contributed by atoms with Crippen LogP contribution in [-0.2, 0) is 4.79 Å². The molecule has 3 atom stereocenters. The molecule has 1 amide bonds. The van der Waals surface area contributed by atoms with Crippen molar-refractivity contribution in [3.05, 3.63) is 0 Å². The number of hydrogen-bond acceptors (Lipinski definition) is 2. The lowest BCUT2D eigenvalue weighted by molar-refractivity contribution is -0.131. The van der Waals surface area contributed by atoms with Gasteiger partial charge in [0.2, 0.25) is 5.91 Å². The van der Waals surface area contributed by atoms with Gasteiger partial charge in [-0.25, -0.2) is 0 Å². The third-order valence-electron chi connectivity index (χ3n) is 4.40. The van der Waals surface area contributed by atoms with Crippen molar-refractivity contribution in [1.82, 2.24) is 10.2 Å². The van der Waals surface area contributed by atoms with Crippen molar-refractivity contribution in [3.8, 4) is 0 Å². The second kappa shape index (κ2) is 7.34. The molecular weight excluding hydrogens is 248 g/mol. The van der Waals surface area contributed by atoms with Gasteiger partial charge in [-0.05, 0) is 50.6 Å². The van der Waals surface area contributed by atoms with Crippen LogP contribution in [0.3, 0.4) is 0 Å². The van der Waals surface area contributed by atoms with Crippen LogP contribution in [0.5, 0.6) is 0 Å². The first-order chi connectivity index (χ1) is 8.19. The molecule has 0 radical (unpaired) electrons. The van der Waals surface area contributed by atoms with E-state index in [0.29, 0.717) is 17.7 Å². The monoisotopic (exact) mass is 274 g/mol. The SMILES string of the molecule is CNCC1CCN(C(=O)CC2CCC(C)C2)C1.Cl. The first-order valence-corrected chi connectivity index (χ1v) is 7.11. The normalized spacial score (nSPS) is 31.4. The second-order valence-electron chi connectivity index (χ2n) is 6.04. The largest absolute Gasteiger partial charge is 0.342 e. The first kappa shape index (κ1) is 15.8. The Bertz CT molecular complexity index is 273. The minimum Gasteiger partial charge on any atom is -0.342 e. The van der Waals surface area contributed by atoms with E-state index in [1.165, 1.54) is 25.7 Å². The maximum atomic E-state index is 12.2. The number of nitrogens with zero attached hydrogens (tertiary/aromatic N) is 1. The smallest absolute Gasteiger partial charge is 0.222 e. The molecule has 1 aliphatic heterocycles. The number of nitrogens with one attached hydrogen (secondary N) is 1. The lowest BCUT2D eigenvalue weighted by Crippen LogP contribution is -2.31. The molecule has 2 fully saturated rings. The number of hydrogen-bond donors (Lipinski definition) is 1. The molecule has 1 saturated carbocycles. The number of carbonyl (C=O) groups excluding carboxylic acids is 1. The van der Waals surface area contributed by atoms with E-state index < -0.39 is 0 Å². The van der Waals surface area contributed by atoms with Crippen LogP contribution in [0.25, 0.3) is 0 Å². The molecule has 106 valence electrons. The molecule has 2 aliphatic rings. The van der Waals surface area contributed by atoms with Gasteiger partial charge in [-0.3, -0.25) is 4.79 Å². The van der Waals surface area contributed by atoms with Gasteiger partial charge in [-0.15, -0.1) is 12.4 Å². The summed E-state index contributed by atoms with van der Waals surface area (Å²) in [4.78, 5) is 14.3. The zero-order valence-corrected chi connectivity index (χ0v) is 12.5. The Morgan fingerprint density at radius 3 is 2.67 bits per heavy atom. The average Bonchev–Trinajstić information content (AvgIpc) is 2.88. The van der Waals surface area contributed by atoms with Crippen molar-refractivity contribution in [1.29, 1.82) is 0 Å². The van der Waals surface area contributed by atoms with E-state index in [2.05, 4.69) is 17.1 Å². The van der Waals surface area contributed by atoms with Crippen LogP contribution in [0, 0.1) is 17.8 Å². The number of halogens is 1. The Balaban J connectivity index is 0.00000162. The quantitative estimate of drug-likeness (QED) is 0.853. The molecule has 1 saturated heterocycles. The van der Waals surface area contributed by atoms with E-state index in [1.54, 1.807) is 0 Å². The molecule has 2 rings (SSSR count). The van der Waals surface area contributed by atoms with E-state index >= 15 is 0 Å². The van der Waals surface area contributed by atoms with Gasteiger partial charge in [0.1, 0.15) is 0 Å². The summed E-state index contributed by atoms with van der Waals surface area (Å²) in [5.41, 5.74) is 0. The molecule has 0 aromatic heterocycles. The van der Waals surface area contributed by atoms with Crippen molar-refractivity contribution < 1.29 is 4.79 Å². The molecule has 0 aromatic rings. The summed E-state index contributed by atoms with van der Waals surface area (Å²) in [5.74, 6) is 2.58. The number of rotatable bonds is 4. The summed E-state index contributed by atoms with van der Waals surface area (Å²) < 4.78 is 0. The second-order valence-corrected chi connectivity index (χ2v) is 6.04. The third kappa shape index (κ3) is 4.13. The third-order valence-corrected chi connectivity index (χ3v) is 4.40. The highest BCUT2D eigenvalue weighted by Crippen LogP contribution is 2.33. The van der Waals surface area contributed by atoms with Crippen molar-refractivity contribution in [2.45, 2.75) is 39.0 Å². The Hall–Kier alpha value is -0.280. The van der Waals surface area contributed by atoms with Crippen LogP contribution in [0.4, 0.5) is 0 Å². The van der Waals surface area contributed by atoms with Gasteiger partial charge in [-0.1, -0.05) is 13.3 Å². The standard InChI is InChI=1S/C14H26N2O.ClH/c1-11-3-4-12(7-11)8-14(17)16-6-5-13(10-16)9-15-2;/h11-13,15H,3-10H2,1-2H3;1H. The number of likely N-dealkylation sites (tertiary alicyclic amines) is 1. The maximum absolute atomic E-state index is 12.2. The zero-order valence-electron chi connectivity index (χ0n) is 11.7. The van der Waals surface area contributed by atoms with Crippen molar-refractivity contribution in [3.63, 3.8) is 0 Å². The summed E-state index contributed by atoms with van der Waals surface area (Å²) in [7, 11) is 1.99. The van der Waals surface area contributed by atoms with Gasteiger partial charge < -0.3 is 10.2 Å². The summed E-state index contributed by atoms with van der Waals surface area (Å²) in [6.45, 7) is 5.31. The predicted octanol–water partition coefficient (Wildman–Crippen LogP) is 2.30. The van der Waals surface area contributed by atoms with Gasteiger partial charge in [-0.2, -0.15) is 0 Å². The van der Waals surface area contributed by atoms with Crippen molar-refractivity contribution in [2.75, 3.05) is 26.7 Å². The molecular formula is C14H27ClN2O. The van der Waals surface area contributed by atoms with Gasteiger partial charge in [0, 0.05) is 19.5 Å². The van der Waals surface area contributed by atoms with E-state index in [4.69, 9.17) is 0 Å². The molecule has 1 aliphatic carbocycles. The predicted molar refractivity (Wildman–Crippen MR) is 77.0 cm³/mol. The lowest BCUT2D eigenvalue weighted by atomic mass is 10.0. The molecule has 4 heteroatoms. The molecule has 0 spiro atoms. The van der Waals surface area contributed by atoms with Crippen LogP contribution in [0.15, 0.2) is 0 Å². The summed E-state index contributed by atoms with van der Waals surface area (Å²) >= 11 is 0. The van der Waals surface area contributed by atoms with Crippen LogP contribution >= 0.6 is 12.4 Å². The van der Waals surface area contributed by atoms with Crippen LogP contribution in [-0.4, -0.2) is 37.5 Å². The van der Waals surface area contributed by atoms with Crippen LogP contribution < -0.4 is 5.32 Å². The van der Waals surface area contributed by atoms with Crippen LogP contribution in [0.1, 0.15) is 39.0 Å². The lowest BCUT2D eigenvalue weighted by Gasteiger charge is -2.19. The Morgan fingerprint density at radius 2 is 2.06 bits per heavy atom. The van der Waals surface area contributed by atoms with Crippen molar-refractivity contribution in [2.24, 2.45) is 17.8 Å². The summed E-state index contributed by atoms with van der Waals surface area (Å²) in [6.07, 6.45) is 5.82.